The van der Waals surface area contributed by atoms with Crippen LogP contribution in [0.25, 0.3) is 0 Å². The van der Waals surface area contributed by atoms with Crippen LogP contribution < -0.4 is 5.32 Å². The molecule has 2 rings (SSSR count). The molecule has 3 heteroatoms. The lowest BCUT2D eigenvalue weighted by molar-refractivity contribution is 0.183. The van der Waals surface area contributed by atoms with Crippen LogP contribution in [0.3, 0.4) is 0 Å². The lowest BCUT2D eigenvalue weighted by atomic mass is 9.98. The summed E-state index contributed by atoms with van der Waals surface area (Å²) in [6.45, 7) is 2.48. The lowest BCUT2D eigenvalue weighted by Crippen LogP contribution is -2.25. The third-order valence-corrected chi connectivity index (χ3v) is 3.25. The van der Waals surface area contributed by atoms with Gasteiger partial charge in [-0.15, -0.1) is 0 Å². The van der Waals surface area contributed by atoms with Crippen molar-refractivity contribution in [3.63, 3.8) is 0 Å². The Labute approximate surface area is 119 Å². The van der Waals surface area contributed by atoms with E-state index in [9.17, 15) is 9.50 Å². The summed E-state index contributed by atoms with van der Waals surface area (Å²) >= 11 is 0. The molecular weight excluding hydrogens is 253 g/mol. The normalized spacial score (nSPS) is 13.9. The van der Waals surface area contributed by atoms with Gasteiger partial charge in [-0.2, -0.15) is 0 Å². The van der Waals surface area contributed by atoms with Gasteiger partial charge in [-0.25, -0.2) is 4.39 Å². The summed E-state index contributed by atoms with van der Waals surface area (Å²) in [6.07, 6.45) is 0.358. The van der Waals surface area contributed by atoms with Gasteiger partial charge in [-0.1, -0.05) is 42.5 Å². The maximum absolute atomic E-state index is 13.1. The van der Waals surface area contributed by atoms with Crippen LogP contribution in [0.5, 0.6) is 0 Å². The summed E-state index contributed by atoms with van der Waals surface area (Å²) < 4.78 is 13.1. The molecule has 2 unspecified atom stereocenters. The van der Waals surface area contributed by atoms with E-state index in [0.29, 0.717) is 13.0 Å². The van der Waals surface area contributed by atoms with E-state index in [0.717, 1.165) is 11.1 Å². The Morgan fingerprint density at radius 3 is 2.20 bits per heavy atom. The Morgan fingerprint density at radius 2 is 1.60 bits per heavy atom. The maximum Gasteiger partial charge on any atom is 0.123 e. The molecule has 0 saturated heterocycles. The van der Waals surface area contributed by atoms with E-state index in [1.165, 1.54) is 12.1 Å². The summed E-state index contributed by atoms with van der Waals surface area (Å²) in [6, 6.07) is 16.6. The van der Waals surface area contributed by atoms with Gasteiger partial charge in [-0.3, -0.25) is 0 Å². The quantitative estimate of drug-likeness (QED) is 0.846. The molecule has 0 amide bonds. The zero-order chi connectivity index (χ0) is 14.4. The van der Waals surface area contributed by atoms with E-state index in [2.05, 4.69) is 5.32 Å². The predicted octanol–water partition coefficient (Wildman–Crippen LogP) is 3.28. The van der Waals surface area contributed by atoms with Crippen LogP contribution in [-0.2, 0) is 0 Å². The largest absolute Gasteiger partial charge is 0.393 e. The highest BCUT2D eigenvalue weighted by Gasteiger charge is 2.13. The first kappa shape index (κ1) is 14.7. The highest BCUT2D eigenvalue weighted by molar-refractivity contribution is 5.31. The Bertz CT molecular complexity index is 510. The fourth-order valence-corrected chi connectivity index (χ4v) is 2.17. The number of hydrogen-bond acceptors (Lipinski definition) is 2. The first-order chi connectivity index (χ1) is 9.66. The van der Waals surface area contributed by atoms with Gasteiger partial charge in [0.15, 0.2) is 0 Å². The first-order valence-corrected chi connectivity index (χ1v) is 6.88. The average molecular weight is 273 g/mol. The van der Waals surface area contributed by atoms with E-state index >= 15 is 0 Å². The molecule has 0 heterocycles. The minimum Gasteiger partial charge on any atom is -0.393 e. The molecule has 2 aromatic rings. The van der Waals surface area contributed by atoms with Crippen molar-refractivity contribution >= 4 is 0 Å². The van der Waals surface area contributed by atoms with Crippen LogP contribution in [0.2, 0.25) is 0 Å². The molecule has 20 heavy (non-hydrogen) atoms. The van der Waals surface area contributed by atoms with Crippen LogP contribution in [0, 0.1) is 5.82 Å². The minimum absolute atomic E-state index is 0.00977. The van der Waals surface area contributed by atoms with E-state index < -0.39 is 0 Å². The summed E-state index contributed by atoms with van der Waals surface area (Å²) in [5.74, 6) is -0.232. The third kappa shape index (κ3) is 4.15. The lowest BCUT2D eigenvalue weighted by Gasteiger charge is -2.20. The molecule has 0 saturated carbocycles. The van der Waals surface area contributed by atoms with E-state index in [1.54, 1.807) is 19.1 Å². The highest BCUT2D eigenvalue weighted by atomic mass is 19.1. The molecule has 2 nitrogen and oxygen atoms in total. The van der Waals surface area contributed by atoms with Gasteiger partial charge < -0.3 is 10.4 Å². The van der Waals surface area contributed by atoms with Gasteiger partial charge in [0.2, 0.25) is 0 Å². The van der Waals surface area contributed by atoms with Crippen molar-refractivity contribution in [3.8, 4) is 0 Å². The van der Waals surface area contributed by atoms with Gasteiger partial charge in [0.05, 0.1) is 12.1 Å². The van der Waals surface area contributed by atoms with Crippen LogP contribution in [0.15, 0.2) is 54.6 Å². The molecule has 2 N–H and O–H groups in total. The Kier molecular flexibility index (Phi) is 5.27. The summed E-state index contributed by atoms with van der Waals surface area (Å²) in [4.78, 5) is 0. The molecule has 2 aromatic carbocycles. The Morgan fingerprint density at radius 1 is 1.00 bits per heavy atom. The molecule has 0 aliphatic heterocycles. The van der Waals surface area contributed by atoms with Crippen molar-refractivity contribution in [2.45, 2.75) is 25.5 Å². The summed E-state index contributed by atoms with van der Waals surface area (Å²) in [5.41, 5.74) is 2.15. The molecule has 0 spiro atoms. The summed E-state index contributed by atoms with van der Waals surface area (Å²) in [7, 11) is 0. The highest BCUT2D eigenvalue weighted by Crippen LogP contribution is 2.22. The van der Waals surface area contributed by atoms with Crippen LogP contribution in [-0.4, -0.2) is 17.8 Å². The summed E-state index contributed by atoms with van der Waals surface area (Å²) in [5, 5.41) is 12.8. The van der Waals surface area contributed by atoms with Crippen molar-refractivity contribution < 1.29 is 9.50 Å². The van der Waals surface area contributed by atoms with E-state index in [-0.39, 0.29) is 18.0 Å². The molecule has 106 valence electrons. The van der Waals surface area contributed by atoms with Crippen molar-refractivity contribution in [2.75, 3.05) is 6.54 Å². The zero-order valence-corrected chi connectivity index (χ0v) is 11.6. The molecule has 0 fully saturated rings. The number of halogens is 1. The van der Waals surface area contributed by atoms with Crippen molar-refractivity contribution in [2.24, 2.45) is 0 Å². The van der Waals surface area contributed by atoms with E-state index in [4.69, 9.17) is 0 Å². The Hall–Kier alpha value is -1.71. The molecule has 0 bridgehead atoms. The average Bonchev–Trinajstić information content (AvgIpc) is 2.46. The van der Waals surface area contributed by atoms with Crippen LogP contribution >= 0.6 is 0 Å². The standard InChI is InChI=1S/C17H20FNO/c1-13(20)11-12-19-17(14-5-3-2-4-6-14)15-7-9-16(18)10-8-15/h2-10,13,17,19-20H,11-12H2,1H3. The van der Waals surface area contributed by atoms with Gasteiger partial charge in [0.1, 0.15) is 5.82 Å². The monoisotopic (exact) mass is 273 g/mol. The van der Waals surface area contributed by atoms with Gasteiger partial charge in [-0.05, 0) is 43.1 Å². The van der Waals surface area contributed by atoms with E-state index in [1.807, 2.05) is 30.3 Å². The molecule has 0 radical (unpaired) electrons. The van der Waals surface area contributed by atoms with Crippen molar-refractivity contribution in [3.05, 3.63) is 71.5 Å². The van der Waals surface area contributed by atoms with Gasteiger partial charge >= 0.3 is 0 Å². The number of aliphatic hydroxyl groups is 1. The van der Waals surface area contributed by atoms with Crippen molar-refractivity contribution in [1.29, 1.82) is 0 Å². The zero-order valence-electron chi connectivity index (χ0n) is 11.6. The second kappa shape index (κ2) is 7.17. The number of aliphatic hydroxyl groups excluding tert-OH is 1. The van der Waals surface area contributed by atoms with Crippen LogP contribution in [0.1, 0.15) is 30.5 Å². The maximum atomic E-state index is 13.1. The Balaban J connectivity index is 2.18. The predicted molar refractivity (Wildman–Crippen MR) is 79.0 cm³/mol. The molecule has 2 atom stereocenters. The topological polar surface area (TPSA) is 32.3 Å². The second-order valence-electron chi connectivity index (χ2n) is 4.99. The van der Waals surface area contributed by atoms with Crippen LogP contribution in [0.4, 0.5) is 4.39 Å². The second-order valence-corrected chi connectivity index (χ2v) is 4.99. The number of hydrogen-bond donors (Lipinski definition) is 2. The van der Waals surface area contributed by atoms with Gasteiger partial charge in [0.25, 0.3) is 0 Å². The van der Waals surface area contributed by atoms with Gasteiger partial charge in [0, 0.05) is 0 Å². The SMILES string of the molecule is CC(O)CCNC(c1ccccc1)c1ccc(F)cc1. The third-order valence-electron chi connectivity index (χ3n) is 3.25. The molecule has 0 aliphatic carbocycles. The molecular formula is C17H20FNO. The smallest absolute Gasteiger partial charge is 0.123 e. The fraction of sp³-hybridized carbons (Fsp3) is 0.294. The first-order valence-electron chi connectivity index (χ1n) is 6.88. The fourth-order valence-electron chi connectivity index (χ4n) is 2.17. The number of nitrogens with one attached hydrogen (secondary N) is 1. The number of benzene rings is 2. The molecule has 0 aromatic heterocycles. The van der Waals surface area contributed by atoms with Crippen molar-refractivity contribution in [1.82, 2.24) is 5.32 Å². The number of rotatable bonds is 6. The minimum atomic E-state index is -0.327. The molecule has 0 aliphatic rings.